The zero-order valence-corrected chi connectivity index (χ0v) is 21.7. The number of benzene rings is 2. The molecule has 37 heavy (non-hydrogen) atoms. The Hall–Kier alpha value is -3.72. The molecule has 198 valence electrons. The Kier molecular flexibility index (Phi) is 8.90. The fourth-order valence-electron chi connectivity index (χ4n) is 4.48. The van der Waals surface area contributed by atoms with Gasteiger partial charge in [-0.2, -0.15) is 0 Å². The smallest absolute Gasteiger partial charge is 0.338 e. The number of para-hydroxylation sites is 1. The normalized spacial score (nSPS) is 14.0. The van der Waals surface area contributed by atoms with E-state index in [1.807, 2.05) is 43.9 Å². The summed E-state index contributed by atoms with van der Waals surface area (Å²) >= 11 is 0. The minimum atomic E-state index is -0.373. The van der Waals surface area contributed by atoms with Crippen LogP contribution in [0.2, 0.25) is 0 Å². The first-order valence-corrected chi connectivity index (χ1v) is 12.9. The predicted octanol–water partition coefficient (Wildman–Crippen LogP) is 3.86. The van der Waals surface area contributed by atoms with Gasteiger partial charge < -0.3 is 28.8 Å². The first-order valence-electron chi connectivity index (χ1n) is 12.9. The predicted molar refractivity (Wildman–Crippen MR) is 143 cm³/mol. The topological polar surface area (TPSA) is 93.5 Å². The molecule has 4 rings (SSSR count). The summed E-state index contributed by atoms with van der Waals surface area (Å²) in [5.41, 5.74) is 1.49. The second kappa shape index (κ2) is 12.5. The van der Waals surface area contributed by atoms with Crippen LogP contribution < -0.4 is 25.2 Å². The molecule has 3 aromatic rings. The molecule has 1 saturated heterocycles. The third-order valence-corrected chi connectivity index (χ3v) is 6.21. The molecule has 0 bridgehead atoms. The molecule has 0 saturated carbocycles. The van der Waals surface area contributed by atoms with E-state index in [1.54, 1.807) is 18.2 Å². The lowest BCUT2D eigenvalue weighted by atomic mass is 10.1. The molecular weight excluding hydrogens is 474 g/mol. The summed E-state index contributed by atoms with van der Waals surface area (Å²) in [5.74, 6) is 1.52. The van der Waals surface area contributed by atoms with Crippen LogP contribution in [0.1, 0.15) is 31.1 Å². The molecule has 0 aliphatic carbocycles. The third kappa shape index (κ3) is 6.35. The molecule has 1 aromatic heterocycles. The van der Waals surface area contributed by atoms with Crippen molar-refractivity contribution in [3.05, 3.63) is 58.4 Å². The van der Waals surface area contributed by atoms with E-state index in [0.717, 1.165) is 30.7 Å². The molecule has 0 radical (unpaired) electrons. The van der Waals surface area contributed by atoms with Crippen LogP contribution in [0, 0.1) is 0 Å². The van der Waals surface area contributed by atoms with Gasteiger partial charge in [-0.1, -0.05) is 12.1 Å². The number of hydrogen-bond acceptors (Lipinski definition) is 8. The molecule has 1 amide bonds. The summed E-state index contributed by atoms with van der Waals surface area (Å²) in [6.07, 6.45) is 0. The zero-order valence-electron chi connectivity index (χ0n) is 21.7. The van der Waals surface area contributed by atoms with Crippen LogP contribution in [0.25, 0.3) is 11.0 Å². The molecule has 1 fully saturated rings. The number of carbonyl (C=O) groups is 1. The van der Waals surface area contributed by atoms with E-state index in [4.69, 9.17) is 18.6 Å². The van der Waals surface area contributed by atoms with E-state index in [1.165, 1.54) is 6.07 Å². The summed E-state index contributed by atoms with van der Waals surface area (Å²) < 4.78 is 22.6. The van der Waals surface area contributed by atoms with Gasteiger partial charge in [-0.3, -0.25) is 9.69 Å². The molecule has 0 unspecified atom stereocenters. The lowest BCUT2D eigenvalue weighted by Crippen LogP contribution is -2.49. The standard InChI is InChI=1S/C28H35N3O6/c1-4-34-24-17-20(18-25(35-5-2)27(24)36-6-3)28(33)31-15-13-30(14-16-31)12-11-29-22-19-26(32)37-23-10-8-7-9-21(22)23/h7-10,17-19,29H,4-6,11-16H2,1-3H3. The summed E-state index contributed by atoms with van der Waals surface area (Å²) in [6.45, 7) is 11.3. The number of amides is 1. The van der Waals surface area contributed by atoms with Crippen LogP contribution >= 0.6 is 0 Å². The third-order valence-electron chi connectivity index (χ3n) is 6.21. The van der Waals surface area contributed by atoms with Crippen LogP contribution in [0.5, 0.6) is 17.2 Å². The highest BCUT2D eigenvalue weighted by Gasteiger charge is 2.25. The number of hydrogen-bond donors (Lipinski definition) is 1. The monoisotopic (exact) mass is 509 g/mol. The Balaban J connectivity index is 1.36. The number of carbonyl (C=O) groups excluding carboxylic acids is 1. The van der Waals surface area contributed by atoms with Gasteiger partial charge in [0.15, 0.2) is 11.5 Å². The van der Waals surface area contributed by atoms with E-state index in [0.29, 0.717) is 67.8 Å². The summed E-state index contributed by atoms with van der Waals surface area (Å²) in [5, 5.41) is 4.25. The van der Waals surface area contributed by atoms with Crippen molar-refractivity contribution in [2.24, 2.45) is 0 Å². The molecule has 9 nitrogen and oxygen atoms in total. The van der Waals surface area contributed by atoms with Gasteiger partial charge in [0.05, 0.1) is 25.5 Å². The average Bonchev–Trinajstić information content (AvgIpc) is 2.90. The first kappa shape index (κ1) is 26.3. The van der Waals surface area contributed by atoms with Crippen molar-refractivity contribution >= 4 is 22.6 Å². The van der Waals surface area contributed by atoms with Gasteiger partial charge >= 0.3 is 5.63 Å². The van der Waals surface area contributed by atoms with E-state index in [-0.39, 0.29) is 11.5 Å². The van der Waals surface area contributed by atoms with Crippen molar-refractivity contribution in [1.29, 1.82) is 0 Å². The lowest BCUT2D eigenvalue weighted by Gasteiger charge is -2.35. The van der Waals surface area contributed by atoms with Gasteiger partial charge in [-0.15, -0.1) is 0 Å². The number of anilines is 1. The Morgan fingerprint density at radius 3 is 2.22 bits per heavy atom. The van der Waals surface area contributed by atoms with Gasteiger partial charge in [-0.25, -0.2) is 4.79 Å². The Morgan fingerprint density at radius 2 is 1.57 bits per heavy atom. The fourth-order valence-corrected chi connectivity index (χ4v) is 4.48. The second-order valence-corrected chi connectivity index (χ2v) is 8.64. The summed E-state index contributed by atoms with van der Waals surface area (Å²) in [7, 11) is 0. The maximum atomic E-state index is 13.3. The molecule has 2 aromatic carbocycles. The van der Waals surface area contributed by atoms with Crippen molar-refractivity contribution in [1.82, 2.24) is 9.80 Å². The number of nitrogens with zero attached hydrogens (tertiary/aromatic N) is 2. The molecule has 9 heteroatoms. The maximum Gasteiger partial charge on any atom is 0.338 e. The van der Waals surface area contributed by atoms with Crippen molar-refractivity contribution in [3.63, 3.8) is 0 Å². The molecule has 0 spiro atoms. The molecule has 1 aliphatic rings. The number of piperazine rings is 1. The Labute approximate surface area is 216 Å². The summed E-state index contributed by atoms with van der Waals surface area (Å²) in [6, 6.07) is 12.5. The van der Waals surface area contributed by atoms with Crippen molar-refractivity contribution in [2.75, 3.05) is 64.4 Å². The van der Waals surface area contributed by atoms with E-state index >= 15 is 0 Å². The van der Waals surface area contributed by atoms with Crippen molar-refractivity contribution < 1.29 is 23.4 Å². The quantitative estimate of drug-likeness (QED) is 0.390. The lowest BCUT2D eigenvalue weighted by molar-refractivity contribution is 0.0641. The van der Waals surface area contributed by atoms with E-state index in [2.05, 4.69) is 10.2 Å². The largest absolute Gasteiger partial charge is 0.490 e. The summed E-state index contributed by atoms with van der Waals surface area (Å²) in [4.78, 5) is 29.4. The molecule has 0 atom stereocenters. The Bertz CT molecular complexity index is 1240. The van der Waals surface area contributed by atoms with Gasteiger partial charge in [0.2, 0.25) is 5.75 Å². The highest BCUT2D eigenvalue weighted by molar-refractivity contribution is 5.95. The van der Waals surface area contributed by atoms with Gasteiger partial charge in [0.25, 0.3) is 5.91 Å². The number of nitrogens with one attached hydrogen (secondary N) is 1. The molecule has 1 aliphatic heterocycles. The van der Waals surface area contributed by atoms with Crippen molar-refractivity contribution in [3.8, 4) is 17.2 Å². The van der Waals surface area contributed by atoms with E-state index in [9.17, 15) is 9.59 Å². The van der Waals surface area contributed by atoms with Crippen molar-refractivity contribution in [2.45, 2.75) is 20.8 Å². The van der Waals surface area contributed by atoms with Gasteiger partial charge in [0, 0.05) is 56.3 Å². The number of rotatable bonds is 11. The van der Waals surface area contributed by atoms with Crippen LogP contribution in [-0.2, 0) is 0 Å². The van der Waals surface area contributed by atoms with Crippen LogP contribution in [0.15, 0.2) is 51.7 Å². The van der Waals surface area contributed by atoms with Gasteiger partial charge in [-0.05, 0) is 45.0 Å². The van der Waals surface area contributed by atoms with Crippen LogP contribution in [-0.4, -0.2) is 74.8 Å². The average molecular weight is 510 g/mol. The molecule has 2 heterocycles. The SMILES string of the molecule is CCOc1cc(C(=O)N2CCN(CCNc3cc(=O)oc4ccccc34)CC2)cc(OCC)c1OCC. The van der Waals surface area contributed by atoms with Crippen LogP contribution in [0.4, 0.5) is 5.69 Å². The number of fused-ring (bicyclic) bond motifs is 1. The fraction of sp³-hybridized carbons (Fsp3) is 0.429. The Morgan fingerprint density at radius 1 is 0.919 bits per heavy atom. The number of ether oxygens (including phenoxy) is 3. The maximum absolute atomic E-state index is 13.3. The van der Waals surface area contributed by atoms with E-state index < -0.39 is 0 Å². The minimum Gasteiger partial charge on any atom is -0.490 e. The van der Waals surface area contributed by atoms with Gasteiger partial charge in [0.1, 0.15) is 5.58 Å². The minimum absolute atomic E-state index is 0.0507. The highest BCUT2D eigenvalue weighted by atomic mass is 16.5. The second-order valence-electron chi connectivity index (χ2n) is 8.64. The molecule has 1 N–H and O–H groups in total. The van der Waals surface area contributed by atoms with Crippen LogP contribution in [0.3, 0.4) is 0 Å². The zero-order chi connectivity index (χ0) is 26.2. The molecular formula is C28H35N3O6. The highest BCUT2D eigenvalue weighted by Crippen LogP contribution is 2.39. The first-order chi connectivity index (χ1) is 18.0.